The van der Waals surface area contributed by atoms with Gasteiger partial charge in [-0.2, -0.15) is 18.3 Å². The number of rotatable bonds is 2. The number of carbonyl (C=O) groups is 1. The molecule has 0 saturated carbocycles. The van der Waals surface area contributed by atoms with Crippen LogP contribution in [0.1, 0.15) is 46.4 Å². The van der Waals surface area contributed by atoms with Crippen LogP contribution in [0.3, 0.4) is 0 Å². The number of hydrogen-bond donors (Lipinski definition) is 0. The van der Waals surface area contributed by atoms with E-state index < -0.39 is 47.2 Å². The molecule has 1 amide bonds. The van der Waals surface area contributed by atoms with E-state index in [0.717, 1.165) is 5.56 Å². The third-order valence-electron chi connectivity index (χ3n) is 7.51. The van der Waals surface area contributed by atoms with Crippen LogP contribution in [0.25, 0.3) is 11.1 Å². The van der Waals surface area contributed by atoms with Gasteiger partial charge in [0.2, 0.25) is 0 Å². The number of amides is 1. The molecule has 5 rings (SSSR count). The van der Waals surface area contributed by atoms with Crippen LogP contribution in [0, 0.1) is 13.8 Å². The van der Waals surface area contributed by atoms with Gasteiger partial charge >= 0.3 is 12.1 Å². The number of quaternary nitrogens is 1. The van der Waals surface area contributed by atoms with Crippen LogP contribution in [0.4, 0.5) is 33.5 Å². The Labute approximate surface area is 210 Å². The molecule has 2 aliphatic heterocycles. The van der Waals surface area contributed by atoms with Crippen molar-refractivity contribution in [2.75, 3.05) is 18.5 Å². The molecule has 1 fully saturated rings. The number of benzene rings is 1. The van der Waals surface area contributed by atoms with Gasteiger partial charge in [0.1, 0.15) is 11.3 Å². The molecular formula is C26H27F5N5O+. The van der Waals surface area contributed by atoms with Crippen molar-refractivity contribution in [3.63, 3.8) is 0 Å². The second-order valence-electron chi connectivity index (χ2n) is 10.1. The van der Waals surface area contributed by atoms with Gasteiger partial charge in [-0.05, 0) is 37.5 Å². The molecule has 2 unspecified atom stereocenters. The molecule has 6 nitrogen and oxygen atoms in total. The van der Waals surface area contributed by atoms with Crippen LogP contribution in [0.2, 0.25) is 0 Å². The number of anilines is 1. The number of alkyl halides is 5. The van der Waals surface area contributed by atoms with E-state index in [1.165, 1.54) is 28.9 Å². The van der Waals surface area contributed by atoms with Gasteiger partial charge in [0.05, 0.1) is 19.7 Å². The fourth-order valence-corrected chi connectivity index (χ4v) is 5.68. The third-order valence-corrected chi connectivity index (χ3v) is 7.51. The van der Waals surface area contributed by atoms with Crippen molar-refractivity contribution in [1.29, 1.82) is 0 Å². The summed E-state index contributed by atoms with van der Waals surface area (Å²) in [4.78, 5) is 19.9. The quantitative estimate of drug-likeness (QED) is 0.314. The van der Waals surface area contributed by atoms with Crippen LogP contribution in [-0.4, -0.2) is 46.4 Å². The predicted octanol–water partition coefficient (Wildman–Crippen LogP) is 5.86. The fourth-order valence-electron chi connectivity index (χ4n) is 5.68. The van der Waals surface area contributed by atoms with E-state index in [1.54, 1.807) is 32.3 Å². The van der Waals surface area contributed by atoms with Gasteiger partial charge in [-0.3, -0.25) is 4.68 Å². The molecular weight excluding hydrogens is 493 g/mol. The Morgan fingerprint density at radius 1 is 1.16 bits per heavy atom. The monoisotopic (exact) mass is 520 g/mol. The van der Waals surface area contributed by atoms with Crippen molar-refractivity contribution in [1.82, 2.24) is 19.2 Å². The SMILES string of the molecule is Cc1cccc([N+]2(C)C(=O)c3c(nc(C(F)(F)F)c(-c4cnn(C)c4)c3C)N3CCCC(F)(F)CC32)c1. The highest BCUT2D eigenvalue weighted by molar-refractivity contribution is 6.10. The second-order valence-corrected chi connectivity index (χ2v) is 10.1. The average molecular weight is 521 g/mol. The van der Waals surface area contributed by atoms with Crippen LogP contribution in [0.5, 0.6) is 0 Å². The molecule has 4 heterocycles. The van der Waals surface area contributed by atoms with Crippen molar-refractivity contribution in [3.8, 4) is 11.1 Å². The van der Waals surface area contributed by atoms with E-state index in [1.807, 2.05) is 13.0 Å². The lowest BCUT2D eigenvalue weighted by molar-refractivity contribution is -0.140. The first-order valence-corrected chi connectivity index (χ1v) is 12.0. The van der Waals surface area contributed by atoms with Crippen molar-refractivity contribution < 1.29 is 26.7 Å². The third kappa shape index (κ3) is 4.00. The highest BCUT2D eigenvalue weighted by Gasteiger charge is 2.58. The molecule has 2 aliphatic rings. The highest BCUT2D eigenvalue weighted by Crippen LogP contribution is 2.48. The first-order chi connectivity index (χ1) is 17.2. The van der Waals surface area contributed by atoms with Gasteiger partial charge < -0.3 is 4.90 Å². The molecule has 1 saturated heterocycles. The molecule has 0 radical (unpaired) electrons. The normalized spacial score (nSPS) is 23.4. The minimum Gasteiger partial charge on any atom is -0.305 e. The first-order valence-electron chi connectivity index (χ1n) is 12.0. The Kier molecular flexibility index (Phi) is 5.70. The Balaban J connectivity index is 1.85. The maximum Gasteiger partial charge on any atom is 0.434 e. The molecule has 2 aromatic heterocycles. The van der Waals surface area contributed by atoms with E-state index in [2.05, 4.69) is 10.1 Å². The van der Waals surface area contributed by atoms with E-state index in [4.69, 9.17) is 0 Å². The predicted molar refractivity (Wildman–Crippen MR) is 129 cm³/mol. The summed E-state index contributed by atoms with van der Waals surface area (Å²) in [6, 6.07) is 7.04. The molecule has 3 aromatic rings. The van der Waals surface area contributed by atoms with Crippen LogP contribution >= 0.6 is 0 Å². The Morgan fingerprint density at radius 3 is 2.51 bits per heavy atom. The number of hydrogen-bond acceptors (Lipinski definition) is 4. The summed E-state index contributed by atoms with van der Waals surface area (Å²) < 4.78 is 73.8. The smallest absolute Gasteiger partial charge is 0.305 e. The summed E-state index contributed by atoms with van der Waals surface area (Å²) in [7, 11) is 3.15. The van der Waals surface area contributed by atoms with Crippen molar-refractivity contribution in [2.45, 2.75) is 51.4 Å². The van der Waals surface area contributed by atoms with Crippen LogP contribution < -0.4 is 9.38 Å². The van der Waals surface area contributed by atoms with E-state index in [-0.39, 0.29) is 41.0 Å². The van der Waals surface area contributed by atoms with E-state index in [0.29, 0.717) is 5.69 Å². The molecule has 2 atom stereocenters. The number of nitrogens with zero attached hydrogens (tertiary/aromatic N) is 5. The lowest BCUT2D eigenvalue weighted by atomic mass is 9.92. The largest absolute Gasteiger partial charge is 0.434 e. The number of aryl methyl sites for hydroxylation is 2. The van der Waals surface area contributed by atoms with Gasteiger partial charge in [0.25, 0.3) is 5.92 Å². The molecule has 0 spiro atoms. The van der Waals surface area contributed by atoms with Gasteiger partial charge in [-0.15, -0.1) is 0 Å². The Bertz CT molecular complexity index is 1400. The molecule has 11 heteroatoms. The zero-order chi connectivity index (χ0) is 26.9. The van der Waals surface area contributed by atoms with Crippen molar-refractivity contribution in [3.05, 3.63) is 59.0 Å². The van der Waals surface area contributed by atoms with Crippen molar-refractivity contribution >= 4 is 17.4 Å². The maximum absolute atomic E-state index is 15.0. The van der Waals surface area contributed by atoms with Crippen molar-refractivity contribution in [2.24, 2.45) is 7.05 Å². The lowest BCUT2D eigenvalue weighted by Gasteiger charge is -2.48. The van der Waals surface area contributed by atoms with Gasteiger partial charge in [0.15, 0.2) is 17.7 Å². The molecule has 196 valence electrons. The number of pyridine rings is 1. The first kappa shape index (κ1) is 25.3. The molecule has 0 aliphatic carbocycles. The number of fused-ring (bicyclic) bond motifs is 3. The Hall–Kier alpha value is -3.34. The molecule has 37 heavy (non-hydrogen) atoms. The van der Waals surface area contributed by atoms with Gasteiger partial charge in [0, 0.05) is 43.4 Å². The minimum atomic E-state index is -4.84. The highest BCUT2D eigenvalue weighted by atomic mass is 19.4. The summed E-state index contributed by atoms with van der Waals surface area (Å²) >= 11 is 0. The fraction of sp³-hybridized carbons (Fsp3) is 0.423. The lowest BCUT2D eigenvalue weighted by Crippen LogP contribution is -2.68. The number of aromatic nitrogens is 3. The summed E-state index contributed by atoms with van der Waals surface area (Å²) in [6.45, 7) is 3.35. The standard InChI is InChI=1S/C26H27F5N5O/c1-15-7-5-8-18(11-15)36(4)19-12-25(27,28)9-6-10-35(19)23-21(24(36)37)16(2)20(17-13-32-34(3)14-17)22(33-23)26(29,30)31/h5,7-8,11,13-14,19H,6,9-10,12H2,1-4H3/q+1. The van der Waals surface area contributed by atoms with Gasteiger partial charge in [-0.25, -0.2) is 23.0 Å². The summed E-state index contributed by atoms with van der Waals surface area (Å²) in [6.07, 6.45) is -4.30. The topological polar surface area (TPSA) is 51.0 Å². The molecule has 1 aromatic carbocycles. The van der Waals surface area contributed by atoms with Gasteiger partial charge in [-0.1, -0.05) is 12.1 Å². The Morgan fingerprint density at radius 2 is 1.89 bits per heavy atom. The summed E-state index contributed by atoms with van der Waals surface area (Å²) in [5.41, 5.74) is 0.211. The summed E-state index contributed by atoms with van der Waals surface area (Å²) in [5, 5.41) is 4.01. The molecule has 0 bridgehead atoms. The second kappa shape index (κ2) is 8.34. The maximum atomic E-state index is 15.0. The van der Waals surface area contributed by atoms with E-state index >= 15 is 0 Å². The summed E-state index contributed by atoms with van der Waals surface area (Å²) in [5.74, 6) is -3.84. The zero-order valence-electron chi connectivity index (χ0n) is 20.9. The van der Waals surface area contributed by atoms with E-state index in [9.17, 15) is 26.7 Å². The number of carbonyl (C=O) groups excluding carboxylic acids is 1. The average Bonchev–Trinajstić information content (AvgIpc) is 3.15. The molecule has 0 N–H and O–H groups in total. The van der Waals surface area contributed by atoms with Crippen LogP contribution in [-0.2, 0) is 13.2 Å². The number of halogens is 5. The zero-order valence-corrected chi connectivity index (χ0v) is 20.9. The minimum absolute atomic E-state index is 0.0114. The van der Waals surface area contributed by atoms with Crippen LogP contribution in [0.15, 0.2) is 36.7 Å².